The van der Waals surface area contributed by atoms with Gasteiger partial charge in [0.05, 0.1) is 0 Å². The summed E-state index contributed by atoms with van der Waals surface area (Å²) in [7, 11) is 0.785. The molecule has 2 aromatic rings. The molecule has 0 aliphatic rings. The minimum absolute atomic E-state index is 0.372. The average molecular weight is 182 g/mol. The SMILES string of the molecule is Oc1ccccc1Bc1ccccc1. The molecule has 0 unspecified atom stereocenters. The zero-order valence-corrected chi connectivity index (χ0v) is 7.85. The van der Waals surface area contributed by atoms with E-state index in [1.807, 2.05) is 36.4 Å². The summed E-state index contributed by atoms with van der Waals surface area (Å²) in [5, 5.41) is 9.57. The van der Waals surface area contributed by atoms with E-state index in [0.717, 1.165) is 12.7 Å². The second-order valence-corrected chi connectivity index (χ2v) is 3.29. The molecule has 0 aromatic heterocycles. The molecule has 1 N–H and O–H groups in total. The number of rotatable bonds is 2. The molecular weight excluding hydrogens is 171 g/mol. The van der Waals surface area contributed by atoms with Crippen LogP contribution in [0.25, 0.3) is 0 Å². The Morgan fingerprint density at radius 2 is 1.43 bits per heavy atom. The Bertz CT molecular complexity index is 412. The van der Waals surface area contributed by atoms with Crippen LogP contribution in [0.2, 0.25) is 0 Å². The van der Waals surface area contributed by atoms with E-state index in [1.165, 1.54) is 5.46 Å². The highest BCUT2D eigenvalue weighted by Gasteiger charge is 2.02. The lowest BCUT2D eigenvalue weighted by molar-refractivity contribution is 0.479. The van der Waals surface area contributed by atoms with Crippen LogP contribution in [0, 0.1) is 0 Å². The fourth-order valence-electron chi connectivity index (χ4n) is 1.48. The number of hydrogen-bond acceptors (Lipinski definition) is 1. The summed E-state index contributed by atoms with van der Waals surface area (Å²) in [4.78, 5) is 0. The Morgan fingerprint density at radius 1 is 0.786 bits per heavy atom. The Labute approximate surface area is 84.3 Å². The Kier molecular flexibility index (Phi) is 2.54. The number of benzene rings is 2. The van der Waals surface area contributed by atoms with Gasteiger partial charge in [-0.1, -0.05) is 54.0 Å². The Balaban J connectivity index is 2.24. The van der Waals surface area contributed by atoms with E-state index in [1.54, 1.807) is 6.07 Å². The van der Waals surface area contributed by atoms with Crippen molar-refractivity contribution in [3.8, 4) is 5.75 Å². The fraction of sp³-hybridized carbons (Fsp3) is 0. The Morgan fingerprint density at radius 3 is 2.14 bits per heavy atom. The van der Waals surface area contributed by atoms with E-state index in [2.05, 4.69) is 12.1 Å². The van der Waals surface area contributed by atoms with Crippen LogP contribution < -0.4 is 10.9 Å². The predicted molar refractivity (Wildman–Crippen MR) is 61.0 cm³/mol. The van der Waals surface area contributed by atoms with Crippen LogP contribution in [0.3, 0.4) is 0 Å². The zero-order valence-electron chi connectivity index (χ0n) is 7.85. The highest BCUT2D eigenvalue weighted by atomic mass is 16.3. The van der Waals surface area contributed by atoms with Crippen LogP contribution in [0.15, 0.2) is 54.6 Å². The van der Waals surface area contributed by atoms with Crippen molar-refractivity contribution in [2.75, 3.05) is 0 Å². The molecule has 0 radical (unpaired) electrons. The van der Waals surface area contributed by atoms with Gasteiger partial charge < -0.3 is 5.11 Å². The van der Waals surface area contributed by atoms with Crippen molar-refractivity contribution in [1.82, 2.24) is 0 Å². The molecule has 0 saturated carbocycles. The van der Waals surface area contributed by atoms with Gasteiger partial charge in [0, 0.05) is 0 Å². The number of phenols is 1. The maximum Gasteiger partial charge on any atom is 0.197 e. The van der Waals surface area contributed by atoms with E-state index in [4.69, 9.17) is 0 Å². The van der Waals surface area contributed by atoms with Gasteiger partial charge in [-0.2, -0.15) is 0 Å². The third-order valence-corrected chi connectivity index (χ3v) is 2.23. The lowest BCUT2D eigenvalue weighted by Gasteiger charge is -2.02. The van der Waals surface area contributed by atoms with Crippen LogP contribution in [0.1, 0.15) is 0 Å². The van der Waals surface area contributed by atoms with Crippen molar-refractivity contribution < 1.29 is 5.11 Å². The van der Waals surface area contributed by atoms with Gasteiger partial charge in [-0.15, -0.1) is 0 Å². The molecule has 0 fully saturated rings. The zero-order chi connectivity index (χ0) is 9.80. The molecule has 0 saturated heterocycles. The lowest BCUT2D eigenvalue weighted by Crippen LogP contribution is -2.26. The topological polar surface area (TPSA) is 20.2 Å². The highest BCUT2D eigenvalue weighted by molar-refractivity contribution is 6.68. The van der Waals surface area contributed by atoms with E-state index in [9.17, 15) is 5.11 Å². The summed E-state index contributed by atoms with van der Waals surface area (Å²) >= 11 is 0. The number of aromatic hydroxyl groups is 1. The van der Waals surface area contributed by atoms with Gasteiger partial charge in [-0.05, 0) is 11.5 Å². The lowest BCUT2D eigenvalue weighted by atomic mass is 9.64. The first-order valence-corrected chi connectivity index (χ1v) is 4.67. The van der Waals surface area contributed by atoms with Crippen LogP contribution in [0.4, 0.5) is 0 Å². The second kappa shape index (κ2) is 4.01. The van der Waals surface area contributed by atoms with Gasteiger partial charge >= 0.3 is 0 Å². The van der Waals surface area contributed by atoms with Gasteiger partial charge in [0.1, 0.15) is 5.75 Å². The van der Waals surface area contributed by atoms with Crippen LogP contribution >= 0.6 is 0 Å². The molecule has 0 amide bonds. The van der Waals surface area contributed by atoms with Crippen LogP contribution in [-0.4, -0.2) is 12.4 Å². The van der Waals surface area contributed by atoms with Crippen LogP contribution in [0.5, 0.6) is 5.75 Å². The molecule has 1 nitrogen and oxygen atoms in total. The first-order chi connectivity index (χ1) is 6.86. The van der Waals surface area contributed by atoms with Gasteiger partial charge in [0.15, 0.2) is 7.28 Å². The van der Waals surface area contributed by atoms with E-state index in [-0.39, 0.29) is 0 Å². The van der Waals surface area contributed by atoms with Gasteiger partial charge in [-0.3, -0.25) is 0 Å². The second-order valence-electron chi connectivity index (χ2n) is 3.29. The third-order valence-electron chi connectivity index (χ3n) is 2.23. The van der Waals surface area contributed by atoms with Crippen molar-refractivity contribution in [3.63, 3.8) is 0 Å². The predicted octanol–water partition coefficient (Wildman–Crippen LogP) is 0.780. The molecule has 68 valence electrons. The molecule has 2 heteroatoms. The number of hydrogen-bond donors (Lipinski definition) is 1. The summed E-state index contributed by atoms with van der Waals surface area (Å²) in [5.74, 6) is 0.372. The van der Waals surface area contributed by atoms with E-state index in [0.29, 0.717) is 5.75 Å². The first-order valence-electron chi connectivity index (χ1n) is 4.67. The molecular formula is C12H11BO. The summed E-state index contributed by atoms with van der Waals surface area (Å²) in [6, 6.07) is 17.6. The molecule has 0 aliphatic carbocycles. The van der Waals surface area contributed by atoms with Gasteiger partial charge in [-0.25, -0.2) is 0 Å². The molecule has 0 atom stereocenters. The molecule has 2 rings (SSSR count). The maximum atomic E-state index is 9.57. The van der Waals surface area contributed by atoms with Crippen molar-refractivity contribution in [3.05, 3.63) is 54.6 Å². The molecule has 0 aliphatic heterocycles. The van der Waals surface area contributed by atoms with E-state index < -0.39 is 0 Å². The highest BCUT2D eigenvalue weighted by Crippen LogP contribution is 2.01. The largest absolute Gasteiger partial charge is 0.509 e. The van der Waals surface area contributed by atoms with Gasteiger partial charge in [0.2, 0.25) is 0 Å². The molecule has 0 heterocycles. The molecule has 0 bridgehead atoms. The van der Waals surface area contributed by atoms with Gasteiger partial charge in [0.25, 0.3) is 0 Å². The first kappa shape index (κ1) is 8.88. The minimum Gasteiger partial charge on any atom is -0.509 e. The summed E-state index contributed by atoms with van der Waals surface area (Å²) < 4.78 is 0. The monoisotopic (exact) mass is 182 g/mol. The average Bonchev–Trinajstić information content (AvgIpc) is 2.23. The van der Waals surface area contributed by atoms with Crippen molar-refractivity contribution in [1.29, 1.82) is 0 Å². The smallest absolute Gasteiger partial charge is 0.197 e. The van der Waals surface area contributed by atoms with Crippen molar-refractivity contribution in [2.45, 2.75) is 0 Å². The number of para-hydroxylation sites is 1. The summed E-state index contributed by atoms with van der Waals surface area (Å²) in [6.07, 6.45) is 0. The quantitative estimate of drug-likeness (QED) is 0.680. The van der Waals surface area contributed by atoms with Crippen molar-refractivity contribution >= 4 is 18.2 Å². The summed E-state index contributed by atoms with van der Waals surface area (Å²) in [6.45, 7) is 0. The molecule has 2 aromatic carbocycles. The van der Waals surface area contributed by atoms with Crippen LogP contribution in [-0.2, 0) is 0 Å². The number of phenolic OH excluding ortho intramolecular Hbond substituents is 1. The van der Waals surface area contributed by atoms with Crippen molar-refractivity contribution in [2.24, 2.45) is 0 Å². The maximum absolute atomic E-state index is 9.57. The standard InChI is InChI=1S/C12H11BO/c14-12-9-5-4-8-11(12)13-10-6-2-1-3-7-10/h1-9,13-14H. The normalized spacial score (nSPS) is 9.71. The molecule has 0 spiro atoms. The molecule has 14 heavy (non-hydrogen) atoms. The Hall–Kier alpha value is -1.70. The third kappa shape index (κ3) is 1.97. The van der Waals surface area contributed by atoms with E-state index >= 15 is 0 Å². The fourth-order valence-corrected chi connectivity index (χ4v) is 1.48. The minimum atomic E-state index is 0.372. The summed E-state index contributed by atoms with van der Waals surface area (Å²) in [5.41, 5.74) is 2.19.